The van der Waals surface area contributed by atoms with Crippen LogP contribution in [0.15, 0.2) is 239 Å². The first-order valence-electron chi connectivity index (χ1n) is 23.2. The monoisotopic (exact) mass is 882 g/mol. The average Bonchev–Trinajstić information content (AvgIpc) is 4.11. The predicted octanol–water partition coefficient (Wildman–Crippen LogP) is 16.8. The highest BCUT2D eigenvalue weighted by Crippen LogP contribution is 2.47. The van der Waals surface area contributed by atoms with Crippen LogP contribution in [-0.4, -0.2) is 19.5 Å². The van der Waals surface area contributed by atoms with Crippen molar-refractivity contribution in [3.8, 4) is 73.2 Å². The van der Waals surface area contributed by atoms with Gasteiger partial charge < -0.3 is 13.4 Å². The lowest BCUT2D eigenvalue weighted by Crippen LogP contribution is -2.00. The minimum Gasteiger partial charge on any atom is -0.455 e. The van der Waals surface area contributed by atoms with E-state index in [9.17, 15) is 0 Å². The molecule has 0 aliphatic rings. The summed E-state index contributed by atoms with van der Waals surface area (Å²) in [6.45, 7) is 0. The normalized spacial score (nSPS) is 11.8. The summed E-state index contributed by atoms with van der Waals surface area (Å²) in [6.07, 6.45) is 0. The van der Waals surface area contributed by atoms with Crippen molar-refractivity contribution in [2.45, 2.75) is 0 Å². The number of benzene rings is 10. The highest BCUT2D eigenvalue weighted by atomic mass is 16.3. The Kier molecular flexibility index (Phi) is 8.79. The average molecular weight is 883 g/mol. The maximum atomic E-state index is 7.06. The molecule has 4 heterocycles. The van der Waals surface area contributed by atoms with Crippen LogP contribution in [0.3, 0.4) is 0 Å². The number of furan rings is 2. The van der Waals surface area contributed by atoms with Gasteiger partial charge in [-0.2, -0.15) is 0 Å². The van der Waals surface area contributed by atoms with Gasteiger partial charge in [0.15, 0.2) is 23.1 Å². The lowest BCUT2D eigenvalue weighted by Gasteiger charge is -2.15. The van der Waals surface area contributed by atoms with Crippen molar-refractivity contribution >= 4 is 65.7 Å². The maximum Gasteiger partial charge on any atom is 0.164 e. The molecule has 14 aromatic rings. The molecule has 0 bridgehead atoms. The van der Waals surface area contributed by atoms with Gasteiger partial charge in [-0.05, 0) is 58.7 Å². The summed E-state index contributed by atoms with van der Waals surface area (Å²) >= 11 is 0. The molecule has 6 nitrogen and oxygen atoms in total. The van der Waals surface area contributed by atoms with Crippen LogP contribution in [0.2, 0.25) is 0 Å². The first kappa shape index (κ1) is 38.8. The Morgan fingerprint density at radius 3 is 1.58 bits per heavy atom. The zero-order valence-corrected chi connectivity index (χ0v) is 37.0. The van der Waals surface area contributed by atoms with Crippen molar-refractivity contribution in [2.75, 3.05) is 0 Å². The van der Waals surface area contributed by atoms with Crippen LogP contribution in [0.1, 0.15) is 0 Å². The second kappa shape index (κ2) is 15.6. The molecule has 0 atom stereocenters. The first-order valence-corrected chi connectivity index (χ1v) is 23.2. The van der Waals surface area contributed by atoms with E-state index in [-0.39, 0.29) is 0 Å². The predicted molar refractivity (Wildman–Crippen MR) is 281 cm³/mol. The lowest BCUT2D eigenvalue weighted by molar-refractivity contribution is 0.666. The van der Waals surface area contributed by atoms with Gasteiger partial charge in [0.05, 0.1) is 16.7 Å². The summed E-state index contributed by atoms with van der Waals surface area (Å²) in [7, 11) is 0. The fourth-order valence-corrected chi connectivity index (χ4v) is 10.3. The Hall–Kier alpha value is -9.39. The highest BCUT2D eigenvalue weighted by Gasteiger charge is 2.25. The zero-order valence-electron chi connectivity index (χ0n) is 37.0. The molecule has 0 fully saturated rings. The van der Waals surface area contributed by atoms with Gasteiger partial charge in [0, 0.05) is 60.1 Å². The van der Waals surface area contributed by atoms with Crippen molar-refractivity contribution in [1.82, 2.24) is 19.5 Å². The molecule has 0 radical (unpaired) electrons. The van der Waals surface area contributed by atoms with Crippen LogP contribution in [0.4, 0.5) is 0 Å². The number of fused-ring (bicyclic) bond motifs is 9. The summed E-state index contributed by atoms with van der Waals surface area (Å²) in [5, 5.41) is 6.33. The van der Waals surface area contributed by atoms with E-state index in [0.717, 1.165) is 116 Å². The van der Waals surface area contributed by atoms with Crippen molar-refractivity contribution in [3.05, 3.63) is 231 Å². The van der Waals surface area contributed by atoms with Crippen molar-refractivity contribution < 1.29 is 8.83 Å². The largest absolute Gasteiger partial charge is 0.455 e. The maximum absolute atomic E-state index is 7.06. The van der Waals surface area contributed by atoms with Crippen LogP contribution in [-0.2, 0) is 0 Å². The van der Waals surface area contributed by atoms with E-state index in [2.05, 4.69) is 174 Å². The third-order valence-electron chi connectivity index (χ3n) is 13.5. The molecule has 0 N–H and O–H groups in total. The zero-order chi connectivity index (χ0) is 45.4. The van der Waals surface area contributed by atoms with Gasteiger partial charge in [-0.25, -0.2) is 15.0 Å². The molecule has 0 spiro atoms. The molecule has 0 aliphatic carbocycles. The Bertz CT molecular complexity index is 4290. The number of nitrogens with zero attached hydrogens (tertiary/aromatic N) is 4. The van der Waals surface area contributed by atoms with Gasteiger partial charge >= 0.3 is 0 Å². The third kappa shape index (κ3) is 6.30. The molecular weight excluding hydrogens is 845 g/mol. The van der Waals surface area contributed by atoms with Gasteiger partial charge in [0.25, 0.3) is 0 Å². The summed E-state index contributed by atoms with van der Waals surface area (Å²) in [6, 6.07) is 80.2. The molecule has 322 valence electrons. The summed E-state index contributed by atoms with van der Waals surface area (Å²) in [4.78, 5) is 15.5. The van der Waals surface area contributed by atoms with Crippen LogP contribution in [0.5, 0.6) is 0 Å². The quantitative estimate of drug-likeness (QED) is 0.159. The Balaban J connectivity index is 0.996. The van der Waals surface area contributed by atoms with E-state index in [4.69, 9.17) is 23.8 Å². The smallest absolute Gasteiger partial charge is 0.164 e. The third-order valence-corrected chi connectivity index (χ3v) is 13.5. The van der Waals surface area contributed by atoms with Gasteiger partial charge in [-0.15, -0.1) is 0 Å². The molecule has 0 aliphatic heterocycles. The number of para-hydroxylation sites is 3. The molecule has 0 unspecified atom stereocenters. The van der Waals surface area contributed by atoms with Crippen molar-refractivity contribution in [1.29, 1.82) is 0 Å². The fourth-order valence-electron chi connectivity index (χ4n) is 10.3. The van der Waals surface area contributed by atoms with Gasteiger partial charge in [-0.3, -0.25) is 0 Å². The summed E-state index contributed by atoms with van der Waals surface area (Å²) < 4.78 is 16.4. The second-order valence-electron chi connectivity index (χ2n) is 17.5. The topological polar surface area (TPSA) is 69.9 Å². The molecule has 0 saturated heterocycles. The van der Waals surface area contributed by atoms with Crippen LogP contribution in [0.25, 0.3) is 139 Å². The van der Waals surface area contributed by atoms with E-state index >= 15 is 0 Å². The Morgan fingerprint density at radius 2 is 0.812 bits per heavy atom. The summed E-state index contributed by atoms with van der Waals surface area (Å²) in [5.74, 6) is 1.75. The Labute approximate surface area is 396 Å². The van der Waals surface area contributed by atoms with E-state index in [1.165, 1.54) is 5.56 Å². The lowest BCUT2D eigenvalue weighted by atomic mass is 9.97. The van der Waals surface area contributed by atoms with Crippen molar-refractivity contribution in [2.24, 2.45) is 0 Å². The number of rotatable bonds is 7. The van der Waals surface area contributed by atoms with Crippen LogP contribution < -0.4 is 0 Å². The minimum absolute atomic E-state index is 0.564. The SMILES string of the molecule is c1ccc(-c2ccc(-c3nc(-c4ccccc4)nc(-c4cccc5oc6c(-c7ccc8c(oc9ccccc98)c7-n7c8ccccc8c8cc(-c9ccccc9)ccc87)cccc6c45)n3)cc2)cc1. The minimum atomic E-state index is 0.564. The molecular formula is C63H38N4O2. The molecule has 69 heavy (non-hydrogen) atoms. The van der Waals surface area contributed by atoms with E-state index in [1.54, 1.807) is 0 Å². The van der Waals surface area contributed by atoms with E-state index < -0.39 is 0 Å². The summed E-state index contributed by atoms with van der Waals surface area (Å²) in [5.41, 5.74) is 15.5. The van der Waals surface area contributed by atoms with E-state index in [0.29, 0.717) is 17.5 Å². The van der Waals surface area contributed by atoms with Crippen LogP contribution in [0, 0.1) is 0 Å². The van der Waals surface area contributed by atoms with E-state index in [1.807, 2.05) is 60.7 Å². The molecule has 4 aromatic heterocycles. The Morgan fingerprint density at radius 1 is 0.290 bits per heavy atom. The van der Waals surface area contributed by atoms with Gasteiger partial charge in [0.1, 0.15) is 16.7 Å². The molecule has 0 saturated carbocycles. The molecule has 6 heteroatoms. The van der Waals surface area contributed by atoms with Crippen LogP contribution >= 0.6 is 0 Å². The molecule has 10 aromatic carbocycles. The van der Waals surface area contributed by atoms with Gasteiger partial charge in [-0.1, -0.05) is 194 Å². The van der Waals surface area contributed by atoms with Crippen molar-refractivity contribution in [3.63, 3.8) is 0 Å². The molecule has 14 rings (SSSR count). The standard InChI is InChI=1S/C63H38N4O2/c1-4-16-39(17-5-1)41-30-32-43(33-31-41)62-64-61(42-20-8-3-9-21-42)65-63(66-62)51-26-15-29-56-57(51)50-25-14-24-48(59(50)69-56)47-35-36-49-46-23-11-13-28-55(46)68-60(49)58(47)67-53-27-12-10-22-45(53)52-38-44(34-37-54(52)67)40-18-6-2-7-19-40/h1-38H. The number of hydrogen-bond donors (Lipinski definition) is 0. The second-order valence-corrected chi connectivity index (χ2v) is 17.5. The first-order chi connectivity index (χ1) is 34.2. The van der Waals surface area contributed by atoms with Gasteiger partial charge in [0.2, 0.25) is 0 Å². The molecule has 0 amide bonds. The number of aromatic nitrogens is 4. The number of hydrogen-bond acceptors (Lipinski definition) is 5. The highest BCUT2D eigenvalue weighted by molar-refractivity contribution is 6.19. The fraction of sp³-hybridized carbons (Fsp3) is 0.